The molecule has 0 saturated carbocycles. The van der Waals surface area contributed by atoms with Crippen LogP contribution in [0.15, 0.2) is 41.0 Å². The van der Waals surface area contributed by atoms with Crippen molar-refractivity contribution in [1.82, 2.24) is 0 Å². The molecule has 0 bridgehead atoms. The summed E-state index contributed by atoms with van der Waals surface area (Å²) in [4.78, 5) is 0. The topological polar surface area (TPSA) is 0 Å². The summed E-state index contributed by atoms with van der Waals surface area (Å²) < 4.78 is 9.44. The quantitative estimate of drug-likeness (QED) is 0.212. The van der Waals surface area contributed by atoms with Gasteiger partial charge >= 0.3 is 179 Å². The second-order valence-electron chi connectivity index (χ2n) is 10.4. The molecule has 0 saturated heterocycles. The fourth-order valence-electron chi connectivity index (χ4n) is 5.37. The monoisotopic (exact) mass is 548 g/mol. The van der Waals surface area contributed by atoms with Crippen molar-refractivity contribution in [2.24, 2.45) is 0 Å². The van der Waals surface area contributed by atoms with Crippen LogP contribution in [0.5, 0.6) is 0 Å². The second kappa shape index (κ2) is 13.4. The third kappa shape index (κ3) is 7.33. The molecule has 4 heteroatoms. The van der Waals surface area contributed by atoms with E-state index in [0.29, 0.717) is 0 Å². The molecule has 0 heterocycles. The summed E-state index contributed by atoms with van der Waals surface area (Å²) in [5, 5.41) is 0. The fraction of sp³-hybridized carbons (Fsp3) is 0.692. The van der Waals surface area contributed by atoms with E-state index in [4.69, 9.17) is 0 Å². The Labute approximate surface area is 202 Å². The van der Waals surface area contributed by atoms with Gasteiger partial charge in [0.05, 0.1) is 0 Å². The molecule has 0 nitrogen and oxygen atoms in total. The van der Waals surface area contributed by atoms with Crippen LogP contribution < -0.4 is 0 Å². The molecule has 174 valence electrons. The standard InChI is InChI=1S/2C12H19.2CH3.2ClH.H2Si.Zr/c2*1-3-5-7-12-9-8-11(10-12)6-4-2;;;;;;/h2*10H,3-8H2,1-2H3;2*1H3;2*1H;1H2;. The Morgan fingerprint density at radius 3 is 1.33 bits per heavy atom. The van der Waals surface area contributed by atoms with Crippen molar-refractivity contribution in [3.63, 3.8) is 0 Å². The largest absolute Gasteiger partial charge is 0.147 e. The van der Waals surface area contributed by atoms with Crippen molar-refractivity contribution in [2.45, 2.75) is 114 Å². The van der Waals surface area contributed by atoms with Crippen LogP contribution >= 0.6 is 24.8 Å². The second-order valence-corrected chi connectivity index (χ2v) is 39.1. The van der Waals surface area contributed by atoms with E-state index in [1.54, 1.807) is 22.3 Å². The Hall–Kier alpha value is 0.640. The summed E-state index contributed by atoms with van der Waals surface area (Å²) >= 11 is -3.10. The molecule has 0 radical (unpaired) electrons. The van der Waals surface area contributed by atoms with E-state index in [1.807, 2.05) is 6.56 Å². The van der Waals surface area contributed by atoms with Gasteiger partial charge in [0, 0.05) is 0 Å². The third-order valence-electron chi connectivity index (χ3n) is 7.02. The normalized spacial score (nSPS) is 17.0. The smallest absolute Gasteiger partial charge is 0.147 e. The summed E-state index contributed by atoms with van der Waals surface area (Å²) in [6, 6.07) is 0. The van der Waals surface area contributed by atoms with Gasteiger partial charge in [0.15, 0.2) is 0 Å². The molecule has 0 aliphatic heterocycles. The number of hydrogen-bond donors (Lipinski definition) is 0. The van der Waals surface area contributed by atoms with E-state index in [-0.39, 0.29) is 24.8 Å². The Bertz CT molecular complexity index is 704. The molecule has 0 aromatic rings. The summed E-state index contributed by atoms with van der Waals surface area (Å²) in [6.07, 6.45) is 21.0. The Kier molecular flexibility index (Phi) is 13.7. The summed E-state index contributed by atoms with van der Waals surface area (Å²) in [5.74, 6) is 0. The molecule has 0 unspecified atom stereocenters. The van der Waals surface area contributed by atoms with Crippen LogP contribution in [0.25, 0.3) is 0 Å². The van der Waals surface area contributed by atoms with E-state index >= 15 is 0 Å². The predicted molar refractivity (Wildman–Crippen MR) is 143 cm³/mol. The molecule has 0 aromatic carbocycles. The van der Waals surface area contributed by atoms with Gasteiger partial charge in [0.1, 0.15) is 0 Å². The summed E-state index contributed by atoms with van der Waals surface area (Å²) in [6.45, 7) is 11.8. The average Bonchev–Trinajstić information content (AvgIpc) is 3.24. The van der Waals surface area contributed by atoms with Gasteiger partial charge < -0.3 is 0 Å². The first-order valence-corrected chi connectivity index (χ1v) is 25.5. The summed E-state index contributed by atoms with van der Waals surface area (Å²) in [7, 11) is 0. The van der Waals surface area contributed by atoms with Gasteiger partial charge in [-0.05, 0) is 0 Å². The Balaban J connectivity index is 0.00000420. The first kappa shape index (κ1) is 30.6. The molecule has 0 fully saturated rings. The fourth-order valence-corrected chi connectivity index (χ4v) is 20.4. The number of halogens is 2. The van der Waals surface area contributed by atoms with Gasteiger partial charge in [0.2, 0.25) is 0 Å². The first-order valence-electron chi connectivity index (χ1n) is 12.2. The van der Waals surface area contributed by atoms with Crippen molar-refractivity contribution in [3.8, 4) is 0 Å². The van der Waals surface area contributed by atoms with Crippen LogP contribution in [0.1, 0.15) is 105 Å². The first-order chi connectivity index (χ1) is 13.3. The van der Waals surface area contributed by atoms with Crippen LogP contribution in [-0.2, 0) is 17.4 Å². The SMILES string of the molecule is CCCCC1=[C]([Zr]([CH3])([CH3])(=[SiH2])[C]2=C(CCCC)C=C(CCC)C2)CC(CCC)=C1.Cl.Cl. The van der Waals surface area contributed by atoms with Gasteiger partial charge in [-0.1, -0.05) is 0 Å². The number of unbranched alkanes of at least 4 members (excludes halogenated alkanes) is 2. The molecule has 0 amide bonds. The molecule has 2 aliphatic carbocycles. The molecule has 0 aromatic heterocycles. The minimum Gasteiger partial charge on any atom is -0.147 e. The number of allylic oxidation sites excluding steroid dienone is 8. The third-order valence-corrected chi connectivity index (χ3v) is 24.0. The van der Waals surface area contributed by atoms with Crippen LogP contribution in [0, 0.1) is 0 Å². The van der Waals surface area contributed by atoms with Crippen molar-refractivity contribution in [3.05, 3.63) is 41.0 Å². The van der Waals surface area contributed by atoms with Gasteiger partial charge in [0.25, 0.3) is 0 Å². The van der Waals surface area contributed by atoms with E-state index in [1.165, 1.54) is 77.0 Å². The number of hydrogen-bond acceptors (Lipinski definition) is 0. The minimum atomic E-state index is -3.10. The molecule has 2 rings (SSSR count). The van der Waals surface area contributed by atoms with Gasteiger partial charge in [-0.2, -0.15) is 0 Å². The van der Waals surface area contributed by atoms with Gasteiger partial charge in [-0.25, -0.2) is 0 Å². The van der Waals surface area contributed by atoms with Gasteiger partial charge in [-0.3, -0.25) is 0 Å². The maximum Gasteiger partial charge on any atom is -0.147 e. The molecule has 0 spiro atoms. The van der Waals surface area contributed by atoms with Crippen molar-refractivity contribution < 1.29 is 17.4 Å². The number of rotatable bonds is 12. The molecular weight excluding hydrogens is 503 g/mol. The maximum atomic E-state index is 2.77. The molecule has 0 N–H and O–H groups in total. The predicted octanol–water partition coefficient (Wildman–Crippen LogP) is 9.31. The van der Waals surface area contributed by atoms with Gasteiger partial charge in [-0.15, -0.1) is 24.8 Å². The Morgan fingerprint density at radius 2 is 1.03 bits per heavy atom. The van der Waals surface area contributed by atoms with E-state index in [2.05, 4.69) is 56.0 Å². The zero-order valence-electron chi connectivity index (χ0n) is 20.7. The maximum absolute atomic E-state index is 3.10. The average molecular weight is 551 g/mol. The van der Waals surface area contributed by atoms with Crippen molar-refractivity contribution in [1.29, 1.82) is 0 Å². The van der Waals surface area contributed by atoms with E-state index < -0.39 is 17.4 Å². The van der Waals surface area contributed by atoms with Crippen LogP contribution in [0.3, 0.4) is 0 Å². The van der Waals surface area contributed by atoms with E-state index in [9.17, 15) is 0 Å². The Morgan fingerprint density at radius 1 is 0.667 bits per heavy atom. The van der Waals surface area contributed by atoms with Crippen molar-refractivity contribution in [2.75, 3.05) is 0 Å². The molecule has 0 atom stereocenters. The zero-order chi connectivity index (χ0) is 20.8. The molecule has 2 aliphatic rings. The van der Waals surface area contributed by atoms with Crippen molar-refractivity contribution >= 4 is 31.7 Å². The van der Waals surface area contributed by atoms with Crippen LogP contribution in [0.2, 0.25) is 9.26 Å². The molecular formula is C26H48Cl2SiZr. The van der Waals surface area contributed by atoms with Crippen LogP contribution in [0.4, 0.5) is 0 Å². The van der Waals surface area contributed by atoms with Crippen LogP contribution in [-0.4, -0.2) is 6.88 Å². The summed E-state index contributed by atoms with van der Waals surface area (Å²) in [5.41, 5.74) is 6.99. The minimum absolute atomic E-state index is 0. The van der Waals surface area contributed by atoms with E-state index in [0.717, 1.165) is 0 Å². The zero-order valence-corrected chi connectivity index (χ0v) is 26.2. The molecule has 30 heavy (non-hydrogen) atoms.